The standard InChI is InChI=1S/C49H60FN7O7/c1-6-54(7-2)44(36-13-9-8-10-14-36)48(61)57-30-12-16-42(57)46(59)52-39-25-19-35(20-26-39)32-55(40-27-21-37(50)22-28-40)31-34-17-23-38(24-18-34)51-45(58)41-15-11-29-56(41)47(60)43(33(3)63-4)53-49(62)64-5/h8-10,13-14,17-28,33,41-44H,6-7,11-12,15-16,29-32H2,1-5H3,(H,51,58)(H,52,59)(H,53,62)/t33-,41+,42+,43+,44-/m1/s1. The molecule has 0 bridgehead atoms. The van der Waals surface area contributed by atoms with Crippen molar-refractivity contribution in [3.05, 3.63) is 126 Å². The van der Waals surface area contributed by atoms with E-state index in [4.69, 9.17) is 9.47 Å². The van der Waals surface area contributed by atoms with E-state index in [1.165, 1.54) is 31.3 Å². The SMILES string of the molecule is CCN(CC)[C@@H](C(=O)N1CCC[C@H]1C(=O)Nc1ccc(CN(Cc2ccc(NC(=O)[C@@H]3CCCN3C(=O)[C@@H](NC(=O)OC)[C@@H](C)OC)cc2)c2ccc(F)cc2)cc1)c1ccccc1. The average Bonchev–Trinajstić information content (AvgIpc) is 4.02. The number of rotatable bonds is 18. The summed E-state index contributed by atoms with van der Waals surface area (Å²) in [6, 6.07) is 28.2. The van der Waals surface area contributed by atoms with Crippen LogP contribution < -0.4 is 20.9 Å². The first-order valence-corrected chi connectivity index (χ1v) is 22.0. The van der Waals surface area contributed by atoms with Crippen molar-refractivity contribution in [3.8, 4) is 0 Å². The molecule has 4 aromatic rings. The van der Waals surface area contributed by atoms with Crippen LogP contribution in [0.25, 0.3) is 0 Å². The van der Waals surface area contributed by atoms with Gasteiger partial charge in [-0.05, 0) is 111 Å². The number of hydrogen-bond acceptors (Lipinski definition) is 9. The molecule has 340 valence electrons. The second kappa shape index (κ2) is 22.3. The molecule has 0 aliphatic carbocycles. The van der Waals surface area contributed by atoms with Crippen LogP contribution in [0.2, 0.25) is 0 Å². The van der Waals surface area contributed by atoms with Gasteiger partial charge in [-0.3, -0.25) is 24.1 Å². The van der Waals surface area contributed by atoms with Crippen LogP contribution in [0.5, 0.6) is 0 Å². The first kappa shape index (κ1) is 47.2. The Hall–Kier alpha value is -6.32. The highest BCUT2D eigenvalue weighted by molar-refractivity contribution is 5.99. The predicted molar refractivity (Wildman–Crippen MR) is 244 cm³/mol. The number of hydrogen-bond donors (Lipinski definition) is 3. The van der Waals surface area contributed by atoms with E-state index in [1.54, 1.807) is 36.1 Å². The normalized spacial score (nSPS) is 17.4. The van der Waals surface area contributed by atoms with Crippen molar-refractivity contribution in [1.82, 2.24) is 20.0 Å². The van der Waals surface area contributed by atoms with Gasteiger partial charge in [-0.1, -0.05) is 68.4 Å². The molecule has 4 aromatic carbocycles. The Morgan fingerprint density at radius 1 is 0.703 bits per heavy atom. The van der Waals surface area contributed by atoms with Gasteiger partial charge in [-0.25, -0.2) is 9.18 Å². The zero-order chi connectivity index (χ0) is 45.8. The Morgan fingerprint density at radius 2 is 1.20 bits per heavy atom. The molecule has 15 heteroatoms. The van der Waals surface area contributed by atoms with Crippen LogP contribution in [0.1, 0.15) is 69.2 Å². The van der Waals surface area contributed by atoms with Crippen LogP contribution in [0.4, 0.5) is 26.2 Å². The van der Waals surface area contributed by atoms with Gasteiger partial charge in [0.1, 0.15) is 30.0 Å². The number of carbonyl (C=O) groups is 5. The molecule has 0 saturated carbocycles. The van der Waals surface area contributed by atoms with Crippen LogP contribution in [0.15, 0.2) is 103 Å². The summed E-state index contributed by atoms with van der Waals surface area (Å²) >= 11 is 0. The minimum absolute atomic E-state index is 0.0637. The van der Waals surface area contributed by atoms with Crippen molar-refractivity contribution in [2.45, 2.75) is 89.8 Å². The first-order valence-electron chi connectivity index (χ1n) is 22.0. The van der Waals surface area contributed by atoms with E-state index in [1.807, 2.05) is 80.6 Å². The van der Waals surface area contributed by atoms with Gasteiger partial charge < -0.3 is 40.1 Å². The summed E-state index contributed by atoms with van der Waals surface area (Å²) in [6.07, 6.45) is 0.992. The van der Waals surface area contributed by atoms with Gasteiger partial charge in [0.25, 0.3) is 0 Å². The topological polar surface area (TPSA) is 153 Å². The van der Waals surface area contributed by atoms with Crippen LogP contribution in [-0.2, 0) is 41.7 Å². The van der Waals surface area contributed by atoms with Crippen molar-refractivity contribution in [3.63, 3.8) is 0 Å². The van der Waals surface area contributed by atoms with Crippen molar-refractivity contribution in [2.75, 3.05) is 55.9 Å². The monoisotopic (exact) mass is 877 g/mol. The molecule has 3 N–H and O–H groups in total. The second-order valence-electron chi connectivity index (χ2n) is 16.2. The van der Waals surface area contributed by atoms with Crippen LogP contribution >= 0.6 is 0 Å². The third-order valence-electron chi connectivity index (χ3n) is 12.2. The van der Waals surface area contributed by atoms with Gasteiger partial charge in [0.2, 0.25) is 23.6 Å². The van der Waals surface area contributed by atoms with Crippen LogP contribution in [0.3, 0.4) is 0 Å². The van der Waals surface area contributed by atoms with Gasteiger partial charge >= 0.3 is 6.09 Å². The smallest absolute Gasteiger partial charge is 0.407 e. The van der Waals surface area contributed by atoms with Crippen molar-refractivity contribution in [2.24, 2.45) is 0 Å². The number of nitrogens with zero attached hydrogens (tertiary/aromatic N) is 4. The molecule has 2 aliphatic heterocycles. The number of likely N-dealkylation sites (tertiary alicyclic amines) is 2. The van der Waals surface area contributed by atoms with Crippen molar-refractivity contribution >= 4 is 46.8 Å². The molecule has 2 saturated heterocycles. The number of ether oxygens (including phenoxy) is 2. The molecular weight excluding hydrogens is 818 g/mol. The highest BCUT2D eigenvalue weighted by Gasteiger charge is 2.41. The van der Waals surface area contributed by atoms with Crippen LogP contribution in [-0.4, -0.2) is 109 Å². The third-order valence-corrected chi connectivity index (χ3v) is 12.2. The molecule has 2 aliphatic rings. The molecule has 2 heterocycles. The Labute approximate surface area is 375 Å². The lowest BCUT2D eigenvalue weighted by molar-refractivity contribution is -0.141. The Kier molecular flexibility index (Phi) is 16.5. The predicted octanol–water partition coefficient (Wildman–Crippen LogP) is 6.73. The summed E-state index contributed by atoms with van der Waals surface area (Å²) < 4.78 is 24.1. The van der Waals surface area contributed by atoms with E-state index < -0.39 is 42.3 Å². The number of carbonyl (C=O) groups excluding carboxylic acids is 5. The average molecular weight is 878 g/mol. The maximum atomic E-state index is 14.1. The fourth-order valence-corrected chi connectivity index (χ4v) is 8.55. The molecule has 5 amide bonds. The van der Waals surface area contributed by atoms with E-state index in [2.05, 4.69) is 25.8 Å². The molecular formula is C49H60FN7O7. The van der Waals surface area contributed by atoms with Crippen LogP contribution in [0, 0.1) is 5.82 Å². The van der Waals surface area contributed by atoms with Gasteiger partial charge in [0.05, 0.1) is 13.2 Å². The highest BCUT2D eigenvalue weighted by atomic mass is 19.1. The number of amides is 5. The fourth-order valence-electron chi connectivity index (χ4n) is 8.55. The van der Waals surface area contributed by atoms with Crippen molar-refractivity contribution in [1.29, 1.82) is 0 Å². The molecule has 14 nitrogen and oxygen atoms in total. The summed E-state index contributed by atoms with van der Waals surface area (Å²) in [7, 11) is 2.65. The van der Waals surface area contributed by atoms with Gasteiger partial charge in [0, 0.05) is 50.4 Å². The Bertz CT molecular complexity index is 2190. The number of benzene rings is 4. The molecule has 5 atom stereocenters. The molecule has 64 heavy (non-hydrogen) atoms. The number of halogens is 1. The lowest BCUT2D eigenvalue weighted by Gasteiger charge is -2.34. The molecule has 0 spiro atoms. The summed E-state index contributed by atoms with van der Waals surface area (Å²) in [5, 5.41) is 8.53. The molecule has 0 aromatic heterocycles. The van der Waals surface area contributed by atoms with Crippen molar-refractivity contribution < 1.29 is 37.8 Å². The minimum atomic E-state index is -1.03. The molecule has 2 fully saturated rings. The summed E-state index contributed by atoms with van der Waals surface area (Å²) in [5.41, 5.74) is 4.77. The van der Waals surface area contributed by atoms with E-state index in [0.29, 0.717) is 69.9 Å². The number of anilines is 3. The lowest BCUT2D eigenvalue weighted by atomic mass is 10.0. The summed E-state index contributed by atoms with van der Waals surface area (Å²) in [4.78, 5) is 74.4. The summed E-state index contributed by atoms with van der Waals surface area (Å²) in [6.45, 7) is 8.94. The molecule has 0 radical (unpaired) electrons. The lowest BCUT2D eigenvalue weighted by Crippen LogP contribution is -2.56. The van der Waals surface area contributed by atoms with E-state index >= 15 is 0 Å². The summed E-state index contributed by atoms with van der Waals surface area (Å²) in [5.74, 6) is -1.40. The van der Waals surface area contributed by atoms with Gasteiger partial charge in [0.15, 0.2) is 0 Å². The maximum Gasteiger partial charge on any atom is 0.407 e. The highest BCUT2D eigenvalue weighted by Crippen LogP contribution is 2.29. The zero-order valence-corrected chi connectivity index (χ0v) is 37.3. The largest absolute Gasteiger partial charge is 0.453 e. The molecule has 6 rings (SSSR count). The number of nitrogens with one attached hydrogen (secondary N) is 3. The second-order valence-corrected chi connectivity index (χ2v) is 16.2. The fraction of sp³-hybridized carbons (Fsp3) is 0.408. The van der Waals surface area contributed by atoms with Gasteiger partial charge in [-0.2, -0.15) is 0 Å². The number of alkyl carbamates (subject to hydrolysis) is 1. The first-order chi connectivity index (χ1) is 30.9. The number of methoxy groups -OCH3 is 2. The van der Waals surface area contributed by atoms with Gasteiger partial charge in [-0.15, -0.1) is 0 Å². The van der Waals surface area contributed by atoms with E-state index in [9.17, 15) is 28.4 Å². The third kappa shape index (κ3) is 11.6. The molecule has 0 unspecified atom stereocenters. The maximum absolute atomic E-state index is 14.1. The van der Waals surface area contributed by atoms with E-state index in [0.717, 1.165) is 28.8 Å². The Morgan fingerprint density at radius 3 is 1.67 bits per heavy atom. The van der Waals surface area contributed by atoms with E-state index in [-0.39, 0.29) is 23.5 Å². The zero-order valence-electron chi connectivity index (χ0n) is 37.3. The minimum Gasteiger partial charge on any atom is -0.453 e. The quantitative estimate of drug-likeness (QED) is 0.0988. The number of likely N-dealkylation sites (N-methyl/N-ethyl adjacent to an activating group) is 1. The Balaban J connectivity index is 1.09.